The largest absolute Gasteiger partial charge is 0.388 e. The van der Waals surface area contributed by atoms with Crippen molar-refractivity contribution in [3.8, 4) is 11.4 Å². The van der Waals surface area contributed by atoms with Crippen LogP contribution in [0.2, 0.25) is 0 Å². The number of pyridine rings is 1. The van der Waals surface area contributed by atoms with Crippen molar-refractivity contribution < 1.29 is 19.5 Å². The highest BCUT2D eigenvalue weighted by Gasteiger charge is 2.40. The molecule has 2 N–H and O–H groups in total. The van der Waals surface area contributed by atoms with Crippen molar-refractivity contribution in [1.29, 1.82) is 0 Å². The summed E-state index contributed by atoms with van der Waals surface area (Å²) in [6.07, 6.45) is 3.77. The van der Waals surface area contributed by atoms with Crippen LogP contribution in [0.5, 0.6) is 0 Å². The van der Waals surface area contributed by atoms with Crippen LogP contribution < -0.4 is 0 Å². The molecule has 0 unspecified atom stereocenters. The van der Waals surface area contributed by atoms with Gasteiger partial charge in [-0.25, -0.2) is 0 Å². The number of aliphatic hydroxyl groups excluding tert-OH is 1. The molecule has 1 aliphatic rings. The van der Waals surface area contributed by atoms with Crippen molar-refractivity contribution >= 4 is 5.91 Å². The lowest BCUT2D eigenvalue weighted by atomic mass is 9.86. The van der Waals surface area contributed by atoms with Crippen molar-refractivity contribution in [2.45, 2.75) is 44.3 Å². The molecule has 0 aromatic carbocycles. The Morgan fingerprint density at radius 3 is 2.88 bits per heavy atom. The summed E-state index contributed by atoms with van der Waals surface area (Å²) < 4.78 is 5.19. The lowest BCUT2D eigenvalue weighted by Crippen LogP contribution is -2.56. The van der Waals surface area contributed by atoms with Crippen LogP contribution in [0.1, 0.15) is 32.1 Å². The van der Waals surface area contributed by atoms with E-state index in [0.29, 0.717) is 37.5 Å². The quantitative estimate of drug-likeness (QED) is 0.823. The first-order valence-electron chi connectivity index (χ1n) is 8.43. The monoisotopic (exact) mass is 346 g/mol. The Kier molecular flexibility index (Phi) is 5.10. The molecule has 0 aliphatic carbocycles. The number of likely N-dealkylation sites (tertiary alicyclic amines) is 1. The van der Waals surface area contributed by atoms with Gasteiger partial charge in [-0.3, -0.25) is 9.78 Å². The van der Waals surface area contributed by atoms with Gasteiger partial charge < -0.3 is 19.6 Å². The van der Waals surface area contributed by atoms with Crippen molar-refractivity contribution in [2.75, 3.05) is 13.1 Å². The maximum absolute atomic E-state index is 12.3. The number of aryl methyl sites for hydroxylation is 1. The van der Waals surface area contributed by atoms with E-state index in [1.807, 2.05) is 6.92 Å². The molecular weight excluding hydrogens is 324 g/mol. The van der Waals surface area contributed by atoms with E-state index in [2.05, 4.69) is 15.1 Å². The molecule has 0 bridgehead atoms. The molecule has 134 valence electrons. The highest BCUT2D eigenvalue weighted by molar-refractivity contribution is 5.76. The second kappa shape index (κ2) is 7.28. The lowest BCUT2D eigenvalue weighted by molar-refractivity contribution is -0.150. The van der Waals surface area contributed by atoms with Crippen molar-refractivity contribution in [3.63, 3.8) is 0 Å². The molecule has 3 rings (SSSR count). The standard InChI is InChI=1S/C17H22N4O4/c1-2-17(24)7-10-21(11-13(17)22)15(23)4-3-14-19-16(20-25-14)12-5-8-18-9-6-12/h5-6,8-9,13,22,24H,2-4,7,10-11H2,1H3/t13-,17-/m1/s1. The molecule has 0 radical (unpaired) electrons. The molecule has 1 saturated heterocycles. The summed E-state index contributed by atoms with van der Waals surface area (Å²) in [6.45, 7) is 2.41. The van der Waals surface area contributed by atoms with Gasteiger partial charge in [-0.15, -0.1) is 0 Å². The van der Waals surface area contributed by atoms with Gasteiger partial charge in [0.15, 0.2) is 0 Å². The van der Waals surface area contributed by atoms with Gasteiger partial charge in [0.1, 0.15) is 6.10 Å². The smallest absolute Gasteiger partial charge is 0.227 e. The maximum atomic E-state index is 12.3. The van der Waals surface area contributed by atoms with Gasteiger partial charge in [0, 0.05) is 43.9 Å². The van der Waals surface area contributed by atoms with Gasteiger partial charge in [-0.05, 0) is 25.0 Å². The number of carbonyl (C=O) groups excluding carboxylic acids is 1. The Balaban J connectivity index is 1.54. The molecule has 2 aromatic heterocycles. The fourth-order valence-electron chi connectivity index (χ4n) is 2.95. The molecule has 8 heteroatoms. The number of amides is 1. The minimum atomic E-state index is -1.09. The van der Waals surface area contributed by atoms with Crippen molar-refractivity contribution in [3.05, 3.63) is 30.4 Å². The Morgan fingerprint density at radius 1 is 1.44 bits per heavy atom. The summed E-state index contributed by atoms with van der Waals surface area (Å²) in [5, 5.41) is 24.2. The van der Waals surface area contributed by atoms with E-state index in [0.717, 1.165) is 5.56 Å². The Morgan fingerprint density at radius 2 is 2.20 bits per heavy atom. The van der Waals surface area contributed by atoms with Gasteiger partial charge in [0.25, 0.3) is 0 Å². The van der Waals surface area contributed by atoms with Crippen LogP contribution in [0.25, 0.3) is 11.4 Å². The molecule has 3 heterocycles. The van der Waals surface area contributed by atoms with Crippen LogP contribution in [-0.2, 0) is 11.2 Å². The third-order valence-electron chi connectivity index (χ3n) is 4.75. The van der Waals surface area contributed by atoms with Crippen LogP contribution in [0.3, 0.4) is 0 Å². The summed E-state index contributed by atoms with van der Waals surface area (Å²) in [4.78, 5) is 22.1. The van der Waals surface area contributed by atoms with Gasteiger partial charge >= 0.3 is 0 Å². The zero-order valence-electron chi connectivity index (χ0n) is 14.1. The number of β-amino-alcohol motifs (C(OH)–C–C–N with tert-alkyl or cyclic N) is 1. The van der Waals surface area contributed by atoms with E-state index in [4.69, 9.17) is 4.52 Å². The number of aromatic nitrogens is 3. The number of piperidine rings is 1. The number of nitrogens with zero attached hydrogens (tertiary/aromatic N) is 4. The molecule has 0 saturated carbocycles. The Hall–Kier alpha value is -2.32. The zero-order chi connectivity index (χ0) is 17.9. The summed E-state index contributed by atoms with van der Waals surface area (Å²) in [5.41, 5.74) is -0.294. The lowest BCUT2D eigenvalue weighted by Gasteiger charge is -2.41. The van der Waals surface area contributed by atoms with Gasteiger partial charge in [0.2, 0.25) is 17.6 Å². The van der Waals surface area contributed by atoms with E-state index in [1.165, 1.54) is 0 Å². The fraction of sp³-hybridized carbons (Fsp3) is 0.529. The van der Waals surface area contributed by atoms with Crippen LogP contribution in [-0.4, -0.2) is 60.9 Å². The zero-order valence-corrected chi connectivity index (χ0v) is 14.1. The van der Waals surface area contributed by atoms with Crippen LogP contribution in [0.4, 0.5) is 0 Å². The molecule has 1 fully saturated rings. The summed E-state index contributed by atoms with van der Waals surface area (Å²) >= 11 is 0. The van der Waals surface area contributed by atoms with Crippen LogP contribution in [0, 0.1) is 0 Å². The average Bonchev–Trinajstić information content (AvgIpc) is 3.12. The molecular formula is C17H22N4O4. The number of rotatable bonds is 5. The van der Waals surface area contributed by atoms with Crippen LogP contribution >= 0.6 is 0 Å². The molecule has 1 amide bonds. The minimum Gasteiger partial charge on any atom is -0.388 e. The van der Waals surface area contributed by atoms with Crippen molar-refractivity contribution in [1.82, 2.24) is 20.0 Å². The van der Waals surface area contributed by atoms with Gasteiger partial charge in [0.05, 0.1) is 5.60 Å². The molecule has 1 aliphatic heterocycles. The Bertz CT molecular complexity index is 720. The molecule has 2 atom stereocenters. The first-order chi connectivity index (χ1) is 12.0. The van der Waals surface area contributed by atoms with E-state index in [1.54, 1.807) is 29.4 Å². The fourth-order valence-corrected chi connectivity index (χ4v) is 2.95. The first-order valence-corrected chi connectivity index (χ1v) is 8.43. The van der Waals surface area contributed by atoms with Crippen LogP contribution in [0.15, 0.2) is 29.0 Å². The molecule has 25 heavy (non-hydrogen) atoms. The summed E-state index contributed by atoms with van der Waals surface area (Å²) in [5.74, 6) is 0.759. The predicted molar refractivity (Wildman–Crippen MR) is 88.3 cm³/mol. The number of carbonyl (C=O) groups is 1. The Labute approximate surface area is 145 Å². The molecule has 8 nitrogen and oxygen atoms in total. The number of hydrogen-bond donors (Lipinski definition) is 2. The third-order valence-corrected chi connectivity index (χ3v) is 4.75. The van der Waals surface area contributed by atoms with E-state index >= 15 is 0 Å². The van der Waals surface area contributed by atoms with E-state index < -0.39 is 11.7 Å². The topological polar surface area (TPSA) is 113 Å². The van der Waals surface area contributed by atoms with E-state index in [-0.39, 0.29) is 18.9 Å². The van der Waals surface area contributed by atoms with Crippen molar-refractivity contribution in [2.24, 2.45) is 0 Å². The third kappa shape index (κ3) is 3.85. The number of hydrogen-bond acceptors (Lipinski definition) is 7. The SMILES string of the molecule is CC[C@@]1(O)CCN(C(=O)CCc2nc(-c3ccncc3)no2)C[C@H]1O. The highest BCUT2D eigenvalue weighted by atomic mass is 16.5. The normalized spacial score (nSPS) is 23.6. The van der Waals surface area contributed by atoms with E-state index in [9.17, 15) is 15.0 Å². The minimum absolute atomic E-state index is 0.0964. The summed E-state index contributed by atoms with van der Waals surface area (Å²) in [7, 11) is 0. The highest BCUT2D eigenvalue weighted by Crippen LogP contribution is 2.26. The summed E-state index contributed by atoms with van der Waals surface area (Å²) in [6, 6.07) is 3.56. The molecule has 0 spiro atoms. The number of aliphatic hydroxyl groups is 2. The molecule has 2 aromatic rings. The average molecular weight is 346 g/mol. The second-order valence-corrected chi connectivity index (χ2v) is 6.31. The maximum Gasteiger partial charge on any atom is 0.227 e. The first kappa shape index (κ1) is 17.5. The van der Waals surface area contributed by atoms with Gasteiger partial charge in [-0.2, -0.15) is 4.98 Å². The van der Waals surface area contributed by atoms with Gasteiger partial charge in [-0.1, -0.05) is 12.1 Å². The predicted octanol–water partition coefficient (Wildman–Crippen LogP) is 0.798. The second-order valence-electron chi connectivity index (χ2n) is 6.31.